The summed E-state index contributed by atoms with van der Waals surface area (Å²) in [4.78, 5) is 11.2. The van der Waals surface area contributed by atoms with Gasteiger partial charge in [-0.15, -0.1) is 0 Å². The maximum atomic E-state index is 11.2. The highest BCUT2D eigenvalue weighted by atomic mass is 35.5. The molecule has 0 unspecified atom stereocenters. The van der Waals surface area contributed by atoms with Gasteiger partial charge in [0.15, 0.2) is 0 Å². The maximum Gasteiger partial charge on any atom is 0.361 e. The zero-order valence-electron chi connectivity index (χ0n) is 8.54. The molecule has 0 saturated heterocycles. The maximum absolute atomic E-state index is 11.2. The third-order valence-electron chi connectivity index (χ3n) is 2.28. The highest BCUT2D eigenvalue weighted by Gasteiger charge is 2.16. The van der Waals surface area contributed by atoms with Crippen molar-refractivity contribution in [2.45, 2.75) is 39.0 Å². The Labute approximate surface area is 98.3 Å². The average Bonchev–Trinajstić information content (AvgIpc) is 2.41. The van der Waals surface area contributed by atoms with Crippen LogP contribution in [0.2, 0.25) is 0 Å². The second-order valence-corrected chi connectivity index (χ2v) is 4.10. The molecule has 0 aromatic carbocycles. The number of unbranched alkanes of at least 4 members (excludes halogenated alkanes) is 3. The van der Waals surface area contributed by atoms with Gasteiger partial charge in [0.05, 0.1) is 0 Å². The Balaban J connectivity index is 2.69. The van der Waals surface area contributed by atoms with Crippen LogP contribution in [0, 0.1) is 0 Å². The fraction of sp³-hybridized carbons (Fsp3) is 0.667. The van der Waals surface area contributed by atoms with E-state index in [1.54, 1.807) is 0 Å². The van der Waals surface area contributed by atoms with E-state index >= 15 is 0 Å². The van der Waals surface area contributed by atoms with Crippen LogP contribution < -0.4 is 5.69 Å². The van der Waals surface area contributed by atoms with Crippen LogP contribution in [0.15, 0.2) is 4.79 Å². The van der Waals surface area contributed by atoms with Gasteiger partial charge in [0.25, 0.3) is 0 Å². The molecule has 1 N–H and O–H groups in total. The Morgan fingerprint density at radius 2 is 1.87 bits per heavy atom. The first kappa shape index (κ1) is 12.5. The average molecular weight is 253 g/mol. The molecule has 4 nitrogen and oxygen atoms in total. The molecule has 0 radical (unpaired) electrons. The van der Waals surface area contributed by atoms with Crippen LogP contribution in [0.1, 0.15) is 38.3 Å². The van der Waals surface area contributed by atoms with Crippen LogP contribution >= 0.6 is 23.6 Å². The highest BCUT2D eigenvalue weighted by Crippen LogP contribution is 2.20. The summed E-state index contributed by atoms with van der Waals surface area (Å²) in [6.45, 7) is 2.12. The molecular formula is C9H14Cl2N2O2. The first-order valence-corrected chi connectivity index (χ1v) is 5.65. The molecule has 0 atom stereocenters. The Morgan fingerprint density at radius 1 is 1.20 bits per heavy atom. The minimum atomic E-state index is -0.624. The quantitative estimate of drug-likeness (QED) is 0.819. The number of imidazole rings is 1. The number of aromatic nitrogens is 2. The summed E-state index contributed by atoms with van der Waals surface area (Å²) in [5.74, 6) is -0.256. The van der Waals surface area contributed by atoms with E-state index in [9.17, 15) is 9.90 Å². The Morgan fingerprint density at radius 3 is 2.33 bits per heavy atom. The lowest BCUT2D eigenvalue weighted by Crippen LogP contribution is -2.14. The van der Waals surface area contributed by atoms with E-state index in [1.165, 1.54) is 0 Å². The number of halogens is 2. The molecule has 0 saturated carbocycles. The van der Waals surface area contributed by atoms with E-state index in [-0.39, 0.29) is 5.88 Å². The fourth-order valence-electron chi connectivity index (χ4n) is 1.41. The van der Waals surface area contributed by atoms with Crippen molar-refractivity contribution < 1.29 is 5.11 Å². The molecule has 0 aliphatic heterocycles. The van der Waals surface area contributed by atoms with E-state index in [4.69, 9.17) is 23.6 Å². The predicted molar refractivity (Wildman–Crippen MR) is 60.7 cm³/mol. The van der Waals surface area contributed by atoms with Crippen LogP contribution in [0.5, 0.6) is 5.88 Å². The largest absolute Gasteiger partial charge is 0.492 e. The van der Waals surface area contributed by atoms with Gasteiger partial charge in [-0.2, -0.15) is 4.09 Å². The monoisotopic (exact) mass is 252 g/mol. The lowest BCUT2D eigenvalue weighted by atomic mass is 10.1. The Bertz CT molecular complexity index is 384. The van der Waals surface area contributed by atoms with Gasteiger partial charge >= 0.3 is 5.69 Å². The van der Waals surface area contributed by atoms with Gasteiger partial charge in [0.2, 0.25) is 5.88 Å². The molecule has 0 spiro atoms. The van der Waals surface area contributed by atoms with Crippen molar-refractivity contribution in [1.82, 2.24) is 8.17 Å². The van der Waals surface area contributed by atoms with Crippen molar-refractivity contribution in [3.05, 3.63) is 16.2 Å². The minimum Gasteiger partial charge on any atom is -0.492 e. The molecular weight excluding hydrogens is 239 g/mol. The molecule has 0 fully saturated rings. The van der Waals surface area contributed by atoms with Gasteiger partial charge in [-0.1, -0.05) is 26.2 Å². The Kier molecular flexibility index (Phi) is 4.54. The van der Waals surface area contributed by atoms with Crippen molar-refractivity contribution >= 4 is 23.6 Å². The second kappa shape index (κ2) is 5.47. The molecule has 0 amide bonds. The van der Waals surface area contributed by atoms with Gasteiger partial charge in [0, 0.05) is 23.6 Å². The van der Waals surface area contributed by atoms with E-state index in [2.05, 4.69) is 6.92 Å². The molecule has 0 bridgehead atoms. The molecule has 15 heavy (non-hydrogen) atoms. The van der Waals surface area contributed by atoms with Crippen LogP contribution in [-0.2, 0) is 6.42 Å². The molecule has 1 aromatic heterocycles. The summed E-state index contributed by atoms with van der Waals surface area (Å²) in [5.41, 5.74) is -0.242. The van der Waals surface area contributed by atoms with Crippen LogP contribution in [-0.4, -0.2) is 13.3 Å². The standard InChI is InChI=1S/C9H14Cl2N2O2/c1-2-3-4-5-6-7-8(14)13(11)9(15)12(7)10/h14H,2-6H2,1H3. The fourth-order valence-corrected chi connectivity index (χ4v) is 1.86. The lowest BCUT2D eigenvalue weighted by molar-refractivity contribution is 0.440. The summed E-state index contributed by atoms with van der Waals surface area (Å²) < 4.78 is 1.50. The zero-order valence-corrected chi connectivity index (χ0v) is 10.1. The summed E-state index contributed by atoms with van der Waals surface area (Å²) >= 11 is 11.2. The zero-order chi connectivity index (χ0) is 11.4. The highest BCUT2D eigenvalue weighted by molar-refractivity contribution is 6.18. The van der Waals surface area contributed by atoms with E-state index in [0.717, 1.165) is 29.8 Å². The van der Waals surface area contributed by atoms with Gasteiger partial charge < -0.3 is 5.11 Å². The van der Waals surface area contributed by atoms with Crippen LogP contribution in [0.4, 0.5) is 0 Å². The lowest BCUT2D eigenvalue weighted by Gasteiger charge is -2.00. The van der Waals surface area contributed by atoms with E-state index in [0.29, 0.717) is 16.2 Å². The molecule has 0 aliphatic rings. The minimum absolute atomic E-state index is 0.256. The third-order valence-corrected chi connectivity index (χ3v) is 2.94. The van der Waals surface area contributed by atoms with Crippen LogP contribution in [0.3, 0.4) is 0 Å². The molecule has 0 aliphatic carbocycles. The SMILES string of the molecule is CCCCCCc1c(O)n(Cl)c(=O)n1Cl. The van der Waals surface area contributed by atoms with Gasteiger partial charge in [-0.05, 0) is 12.8 Å². The second-order valence-electron chi connectivity index (χ2n) is 3.43. The summed E-state index contributed by atoms with van der Waals surface area (Å²) in [6.07, 6.45) is 4.76. The molecule has 1 rings (SSSR count). The van der Waals surface area contributed by atoms with Crippen molar-refractivity contribution in [2.24, 2.45) is 0 Å². The summed E-state index contributed by atoms with van der Waals surface area (Å²) in [5, 5.41) is 9.48. The van der Waals surface area contributed by atoms with Crippen molar-refractivity contribution in [3.63, 3.8) is 0 Å². The smallest absolute Gasteiger partial charge is 0.361 e. The predicted octanol–water partition coefficient (Wildman–Crippen LogP) is 2.48. The van der Waals surface area contributed by atoms with Gasteiger partial charge in [0.1, 0.15) is 5.69 Å². The van der Waals surface area contributed by atoms with Crippen molar-refractivity contribution in [1.29, 1.82) is 0 Å². The summed E-state index contributed by atoms with van der Waals surface area (Å²) in [6, 6.07) is 0. The third kappa shape index (κ3) is 2.69. The normalized spacial score (nSPS) is 10.9. The first-order valence-electron chi connectivity index (χ1n) is 4.97. The van der Waals surface area contributed by atoms with E-state index in [1.807, 2.05) is 0 Å². The van der Waals surface area contributed by atoms with Crippen LogP contribution in [0.25, 0.3) is 0 Å². The molecule has 6 heteroatoms. The summed E-state index contributed by atoms with van der Waals surface area (Å²) in [7, 11) is 0. The first-order chi connectivity index (χ1) is 7.09. The molecule has 1 aromatic rings. The Hall–Kier alpha value is -0.610. The van der Waals surface area contributed by atoms with Crippen molar-refractivity contribution in [3.8, 4) is 5.88 Å². The van der Waals surface area contributed by atoms with E-state index < -0.39 is 5.69 Å². The van der Waals surface area contributed by atoms with Gasteiger partial charge in [-0.3, -0.25) is 0 Å². The number of hydrogen-bond acceptors (Lipinski definition) is 2. The number of nitrogens with zero attached hydrogens (tertiary/aromatic N) is 2. The number of rotatable bonds is 5. The van der Waals surface area contributed by atoms with Gasteiger partial charge in [-0.25, -0.2) is 8.88 Å². The molecule has 1 heterocycles. The molecule has 86 valence electrons. The number of aromatic hydroxyl groups is 1. The topological polar surface area (TPSA) is 47.2 Å². The number of hydrogen-bond donors (Lipinski definition) is 1. The van der Waals surface area contributed by atoms with Crippen molar-refractivity contribution in [2.75, 3.05) is 0 Å².